The molecule has 0 saturated carbocycles. The van der Waals surface area contributed by atoms with Crippen molar-refractivity contribution in [1.29, 1.82) is 0 Å². The van der Waals surface area contributed by atoms with Crippen molar-refractivity contribution in [3.05, 3.63) is 24.0 Å². The Morgan fingerprint density at radius 1 is 1.23 bits per heavy atom. The molecular formula is C21H27FN4O5. The molecule has 2 atom stereocenters. The first-order valence-corrected chi connectivity index (χ1v) is 10.2. The van der Waals surface area contributed by atoms with Gasteiger partial charge in [-0.3, -0.25) is 19.7 Å². The number of nitrogens with zero attached hydrogens (tertiary/aromatic N) is 1. The molecule has 0 bridgehead atoms. The molecule has 2 aliphatic heterocycles. The molecule has 1 aromatic rings. The number of rotatable bonds is 4. The molecule has 1 unspecified atom stereocenters. The van der Waals surface area contributed by atoms with Crippen LogP contribution in [0.25, 0.3) is 0 Å². The smallest absolute Gasteiger partial charge is 0.410 e. The molecule has 0 radical (unpaired) electrons. The molecule has 1 aromatic carbocycles. The number of anilines is 2. The van der Waals surface area contributed by atoms with Gasteiger partial charge in [-0.05, 0) is 51.8 Å². The molecule has 3 rings (SSSR count). The highest BCUT2D eigenvalue weighted by atomic mass is 19.1. The Kier molecular flexibility index (Phi) is 6.47. The van der Waals surface area contributed by atoms with Gasteiger partial charge in [0, 0.05) is 25.2 Å². The van der Waals surface area contributed by atoms with E-state index in [-0.39, 0.29) is 30.5 Å². The number of imide groups is 1. The lowest BCUT2D eigenvalue weighted by Gasteiger charge is -2.24. The molecule has 168 valence electrons. The van der Waals surface area contributed by atoms with Crippen molar-refractivity contribution in [2.24, 2.45) is 5.92 Å². The van der Waals surface area contributed by atoms with Gasteiger partial charge in [0.2, 0.25) is 17.7 Å². The molecule has 3 N–H and O–H groups in total. The van der Waals surface area contributed by atoms with Gasteiger partial charge in [-0.15, -0.1) is 0 Å². The number of ether oxygens (including phenoxy) is 1. The number of halogens is 1. The van der Waals surface area contributed by atoms with Gasteiger partial charge in [0.05, 0.1) is 11.6 Å². The number of amides is 4. The van der Waals surface area contributed by atoms with E-state index in [1.807, 2.05) is 0 Å². The van der Waals surface area contributed by atoms with Gasteiger partial charge < -0.3 is 20.3 Å². The van der Waals surface area contributed by atoms with Crippen molar-refractivity contribution < 1.29 is 28.3 Å². The van der Waals surface area contributed by atoms with E-state index in [0.29, 0.717) is 25.1 Å². The van der Waals surface area contributed by atoms with Crippen LogP contribution in [0.5, 0.6) is 0 Å². The number of carbonyl (C=O) groups excluding carboxylic acids is 4. The number of carbonyl (C=O) groups is 4. The van der Waals surface area contributed by atoms with Crippen molar-refractivity contribution in [2.45, 2.75) is 51.7 Å². The van der Waals surface area contributed by atoms with Crippen LogP contribution >= 0.6 is 0 Å². The fourth-order valence-corrected chi connectivity index (χ4v) is 3.44. The molecule has 2 aliphatic rings. The van der Waals surface area contributed by atoms with Gasteiger partial charge in [-0.2, -0.15) is 0 Å². The number of benzene rings is 1. The summed E-state index contributed by atoms with van der Waals surface area (Å²) in [5.41, 5.74) is -0.249. The largest absolute Gasteiger partial charge is 0.444 e. The van der Waals surface area contributed by atoms with Crippen molar-refractivity contribution >= 4 is 35.2 Å². The second-order valence-electron chi connectivity index (χ2n) is 8.74. The third kappa shape index (κ3) is 5.93. The van der Waals surface area contributed by atoms with Crippen LogP contribution in [0.1, 0.15) is 40.0 Å². The predicted molar refractivity (Wildman–Crippen MR) is 111 cm³/mol. The number of hydrogen-bond acceptors (Lipinski definition) is 6. The summed E-state index contributed by atoms with van der Waals surface area (Å²) in [5, 5.41) is 7.68. The molecule has 2 fully saturated rings. The van der Waals surface area contributed by atoms with E-state index in [9.17, 15) is 23.6 Å². The van der Waals surface area contributed by atoms with Crippen molar-refractivity contribution in [2.75, 3.05) is 23.7 Å². The van der Waals surface area contributed by atoms with Gasteiger partial charge in [-0.1, -0.05) is 0 Å². The highest BCUT2D eigenvalue weighted by Gasteiger charge is 2.34. The molecule has 0 aromatic heterocycles. The molecule has 0 spiro atoms. The summed E-state index contributed by atoms with van der Waals surface area (Å²) < 4.78 is 19.8. The van der Waals surface area contributed by atoms with Crippen LogP contribution in [0.15, 0.2) is 18.2 Å². The minimum absolute atomic E-state index is 0.00883. The molecule has 2 heterocycles. The zero-order chi connectivity index (χ0) is 22.8. The highest BCUT2D eigenvalue weighted by Crippen LogP contribution is 2.24. The fraction of sp³-hybridized carbons (Fsp3) is 0.524. The van der Waals surface area contributed by atoms with Crippen LogP contribution in [0.2, 0.25) is 0 Å². The van der Waals surface area contributed by atoms with Crippen LogP contribution < -0.4 is 16.0 Å². The molecule has 10 heteroatoms. The summed E-state index contributed by atoms with van der Waals surface area (Å²) in [4.78, 5) is 49.2. The van der Waals surface area contributed by atoms with Crippen LogP contribution in [0.3, 0.4) is 0 Å². The Hall–Kier alpha value is -3.17. The first kappa shape index (κ1) is 22.5. The van der Waals surface area contributed by atoms with Crippen molar-refractivity contribution in [1.82, 2.24) is 10.2 Å². The molecule has 2 saturated heterocycles. The lowest BCUT2D eigenvalue weighted by Crippen LogP contribution is -2.47. The van der Waals surface area contributed by atoms with Crippen LogP contribution in [0, 0.1) is 11.7 Å². The van der Waals surface area contributed by atoms with Gasteiger partial charge >= 0.3 is 6.09 Å². The third-order valence-electron chi connectivity index (χ3n) is 5.02. The van der Waals surface area contributed by atoms with Gasteiger partial charge in [0.15, 0.2) is 0 Å². The summed E-state index contributed by atoms with van der Waals surface area (Å²) in [6.45, 7) is 5.91. The van der Waals surface area contributed by atoms with Crippen molar-refractivity contribution in [3.8, 4) is 0 Å². The topological polar surface area (TPSA) is 117 Å². The van der Waals surface area contributed by atoms with Gasteiger partial charge in [0.25, 0.3) is 0 Å². The van der Waals surface area contributed by atoms with Crippen LogP contribution in [-0.2, 0) is 19.1 Å². The van der Waals surface area contributed by atoms with E-state index in [1.54, 1.807) is 26.8 Å². The molecule has 9 nitrogen and oxygen atoms in total. The van der Waals surface area contributed by atoms with E-state index in [0.717, 1.165) is 0 Å². The normalized spacial score (nSPS) is 21.5. The lowest BCUT2D eigenvalue weighted by molar-refractivity contribution is -0.133. The maximum Gasteiger partial charge on any atom is 0.410 e. The summed E-state index contributed by atoms with van der Waals surface area (Å²) in [7, 11) is 0. The monoisotopic (exact) mass is 434 g/mol. The van der Waals surface area contributed by atoms with E-state index in [1.165, 1.54) is 17.0 Å². The van der Waals surface area contributed by atoms with Crippen LogP contribution in [-0.4, -0.2) is 53.4 Å². The second-order valence-corrected chi connectivity index (χ2v) is 8.74. The van der Waals surface area contributed by atoms with E-state index < -0.39 is 35.4 Å². The van der Waals surface area contributed by atoms with Crippen molar-refractivity contribution in [3.63, 3.8) is 0 Å². The Morgan fingerprint density at radius 2 is 1.97 bits per heavy atom. The zero-order valence-corrected chi connectivity index (χ0v) is 17.8. The molecule has 0 aliphatic carbocycles. The maximum absolute atomic E-state index is 14.5. The highest BCUT2D eigenvalue weighted by molar-refractivity contribution is 6.01. The summed E-state index contributed by atoms with van der Waals surface area (Å²) >= 11 is 0. The zero-order valence-electron chi connectivity index (χ0n) is 17.8. The van der Waals surface area contributed by atoms with E-state index in [2.05, 4.69) is 16.0 Å². The maximum atomic E-state index is 14.5. The Balaban J connectivity index is 1.55. The van der Waals surface area contributed by atoms with Gasteiger partial charge in [0.1, 0.15) is 17.5 Å². The Bertz CT molecular complexity index is 898. The third-order valence-corrected chi connectivity index (χ3v) is 5.02. The fourth-order valence-electron chi connectivity index (χ4n) is 3.44. The van der Waals surface area contributed by atoms with E-state index in [4.69, 9.17) is 4.74 Å². The average Bonchev–Trinajstić information content (AvgIpc) is 3.15. The van der Waals surface area contributed by atoms with Crippen LogP contribution in [0.4, 0.5) is 20.6 Å². The standard InChI is InChI=1S/C21H27FN4O5/c1-21(2,3)31-20(30)26-9-8-12(11-26)18(28)24-15-5-4-13(10-14(15)22)23-16-6-7-17(27)25-19(16)29/h4-5,10,12,16,23H,6-9,11H2,1-3H3,(H,24,28)(H,25,27,29)/t12-,16?/m0/s1. The second kappa shape index (κ2) is 8.91. The minimum atomic E-state index is -0.660. The average molecular weight is 434 g/mol. The number of hydrogen-bond donors (Lipinski definition) is 3. The molecule has 4 amide bonds. The van der Waals surface area contributed by atoms with Gasteiger partial charge in [-0.25, -0.2) is 9.18 Å². The number of piperidine rings is 1. The minimum Gasteiger partial charge on any atom is -0.444 e. The Labute approximate surface area is 179 Å². The molecule has 31 heavy (non-hydrogen) atoms. The SMILES string of the molecule is CC(C)(C)OC(=O)N1CC[C@H](C(=O)Nc2ccc(NC3CCC(=O)NC3=O)cc2F)C1. The summed E-state index contributed by atoms with van der Waals surface area (Å²) in [6, 6.07) is 3.50. The van der Waals surface area contributed by atoms with E-state index >= 15 is 0 Å². The summed E-state index contributed by atoms with van der Waals surface area (Å²) in [6.07, 6.45) is 0.516. The predicted octanol–water partition coefficient (Wildman–Crippen LogP) is 2.24. The Morgan fingerprint density at radius 3 is 2.61 bits per heavy atom. The number of likely N-dealkylation sites (tertiary alicyclic amines) is 1. The quantitative estimate of drug-likeness (QED) is 0.626. The summed E-state index contributed by atoms with van der Waals surface area (Å²) in [5.74, 6) is -2.29. The number of nitrogens with one attached hydrogen (secondary N) is 3. The molecular weight excluding hydrogens is 407 g/mol. The lowest BCUT2D eigenvalue weighted by atomic mass is 10.1. The first-order chi connectivity index (χ1) is 14.5. The first-order valence-electron chi connectivity index (χ1n) is 10.2.